The molecule has 0 bridgehead atoms. The third kappa shape index (κ3) is 5.74. The summed E-state index contributed by atoms with van der Waals surface area (Å²) in [6.45, 7) is 0. The highest BCUT2D eigenvalue weighted by Crippen LogP contribution is 2.38. The molecule has 4 rings (SSSR count). The first-order chi connectivity index (χ1) is 16.8. The number of thioether (sulfide) groups is 1. The van der Waals surface area contributed by atoms with Gasteiger partial charge in [0.2, 0.25) is 9.84 Å². The van der Waals surface area contributed by atoms with Gasteiger partial charge >= 0.3 is 12.1 Å². The highest BCUT2D eigenvalue weighted by Gasteiger charge is 2.38. The Morgan fingerprint density at radius 1 is 1.22 bits per heavy atom. The van der Waals surface area contributed by atoms with Crippen LogP contribution in [0.25, 0.3) is 16.7 Å². The molecule has 0 saturated carbocycles. The van der Waals surface area contributed by atoms with Crippen molar-refractivity contribution in [1.29, 1.82) is 5.41 Å². The summed E-state index contributed by atoms with van der Waals surface area (Å²) in [4.78, 5) is 14.0. The topological polar surface area (TPSA) is 139 Å². The lowest BCUT2D eigenvalue weighted by molar-refractivity contribution is -0.192. The second kappa shape index (κ2) is 10.6. The first kappa shape index (κ1) is 27.7. The van der Waals surface area contributed by atoms with Crippen LogP contribution in [0.15, 0.2) is 73.3 Å². The van der Waals surface area contributed by atoms with E-state index >= 15 is 0 Å². The smallest absolute Gasteiger partial charge is 0.475 e. The third-order valence-corrected chi connectivity index (χ3v) is 9.49. The highest BCUT2D eigenvalue weighted by atomic mass is 79.9. The average Bonchev–Trinajstić information content (AvgIpc) is 3.45. The number of benzene rings is 2. The molecule has 0 fully saturated rings. The van der Waals surface area contributed by atoms with Crippen LogP contribution in [0, 0.1) is 5.41 Å². The number of sulfone groups is 1. The quantitative estimate of drug-likeness (QED) is 0.156. The molecule has 0 aliphatic rings. The molecular weight excluding hydrogens is 605 g/mol. The Hall–Kier alpha value is -2.88. The summed E-state index contributed by atoms with van der Waals surface area (Å²) in [5.41, 5.74) is 7.84. The van der Waals surface area contributed by atoms with E-state index in [2.05, 4.69) is 20.9 Å². The number of carbonyl (C=O) groups is 1. The number of para-hydroxylation sites is 1. The van der Waals surface area contributed by atoms with Gasteiger partial charge in [-0.15, -0.1) is 23.1 Å². The maximum Gasteiger partial charge on any atom is 0.490 e. The largest absolute Gasteiger partial charge is 0.490 e. The zero-order valence-corrected chi connectivity index (χ0v) is 22.1. The van der Waals surface area contributed by atoms with Crippen LogP contribution in [0.2, 0.25) is 0 Å². The summed E-state index contributed by atoms with van der Waals surface area (Å²) < 4.78 is 61.6. The molecule has 0 atom stereocenters. The van der Waals surface area contributed by atoms with E-state index in [0.29, 0.717) is 19.1 Å². The van der Waals surface area contributed by atoms with Gasteiger partial charge in [0.05, 0.1) is 29.9 Å². The number of nitrogen functional groups attached to an aromatic ring is 1. The molecule has 36 heavy (non-hydrogen) atoms. The Labute approximate surface area is 219 Å². The second-order valence-corrected chi connectivity index (χ2v) is 11.8. The lowest BCUT2D eigenvalue weighted by Crippen LogP contribution is -2.21. The minimum atomic E-state index is -5.08. The summed E-state index contributed by atoms with van der Waals surface area (Å²) in [5, 5.41) is 14.7. The van der Waals surface area contributed by atoms with Crippen LogP contribution in [0.1, 0.15) is 4.88 Å². The number of fused-ring (bicyclic) bond motifs is 1. The average molecular weight is 621 g/mol. The molecule has 0 unspecified atom stereocenters. The summed E-state index contributed by atoms with van der Waals surface area (Å²) in [6.07, 6.45) is -1.61. The number of aliphatic carboxylic acids is 1. The number of hydrogen-bond acceptors (Lipinski definition) is 7. The predicted octanol–water partition coefficient (Wildman–Crippen LogP) is 5.32. The molecule has 190 valence electrons. The van der Waals surface area contributed by atoms with Crippen molar-refractivity contribution >= 4 is 71.7 Å². The van der Waals surface area contributed by atoms with E-state index in [1.807, 2.05) is 34.9 Å². The van der Waals surface area contributed by atoms with Crippen LogP contribution < -0.4 is 5.73 Å². The van der Waals surface area contributed by atoms with Crippen LogP contribution in [0.5, 0.6) is 0 Å². The van der Waals surface area contributed by atoms with Crippen LogP contribution >= 0.6 is 39.0 Å². The van der Waals surface area contributed by atoms with Crippen molar-refractivity contribution in [2.24, 2.45) is 5.73 Å². The maximum absolute atomic E-state index is 13.3. The highest BCUT2D eigenvalue weighted by molar-refractivity contribution is 9.10. The molecule has 0 aliphatic heterocycles. The van der Waals surface area contributed by atoms with Gasteiger partial charge in [-0.25, -0.2) is 18.2 Å². The molecule has 2 heterocycles. The number of nitrogens with zero attached hydrogens (tertiary/aromatic N) is 2. The van der Waals surface area contributed by atoms with Crippen molar-refractivity contribution in [2.45, 2.75) is 20.2 Å². The van der Waals surface area contributed by atoms with Crippen molar-refractivity contribution in [3.05, 3.63) is 64.2 Å². The molecule has 4 aromatic rings. The van der Waals surface area contributed by atoms with Gasteiger partial charge in [-0.2, -0.15) is 13.2 Å². The predicted molar refractivity (Wildman–Crippen MR) is 135 cm³/mol. The molecule has 0 saturated heterocycles. The molecule has 0 radical (unpaired) electrons. The number of imidazole rings is 1. The normalized spacial score (nSPS) is 11.7. The summed E-state index contributed by atoms with van der Waals surface area (Å²) in [5.74, 6) is -2.91. The van der Waals surface area contributed by atoms with Crippen LogP contribution in [-0.4, -0.2) is 47.3 Å². The van der Waals surface area contributed by atoms with Gasteiger partial charge < -0.3 is 10.8 Å². The van der Waals surface area contributed by atoms with E-state index in [0.717, 1.165) is 11.2 Å². The number of alkyl halides is 3. The first-order valence-electron chi connectivity index (χ1n) is 9.56. The van der Waals surface area contributed by atoms with Crippen molar-refractivity contribution in [3.63, 3.8) is 0 Å². The maximum atomic E-state index is 13.3. The second-order valence-electron chi connectivity index (χ2n) is 6.91. The van der Waals surface area contributed by atoms with Crippen LogP contribution in [0.3, 0.4) is 0 Å². The fourth-order valence-corrected chi connectivity index (χ4v) is 7.66. The number of nitrogens with one attached hydrogen (secondary N) is 1. The number of aromatic nitrogens is 2. The number of hydrogen-bond donors (Lipinski definition) is 3. The Balaban J connectivity index is 0.000000454. The molecule has 4 N–H and O–H groups in total. The van der Waals surface area contributed by atoms with E-state index < -0.39 is 22.0 Å². The Bertz CT molecular complexity index is 1550. The van der Waals surface area contributed by atoms with Gasteiger partial charge in [-0.1, -0.05) is 18.2 Å². The molecule has 0 aliphatic carbocycles. The van der Waals surface area contributed by atoms with Crippen molar-refractivity contribution in [1.82, 2.24) is 9.55 Å². The van der Waals surface area contributed by atoms with Crippen LogP contribution in [-0.2, 0) is 14.6 Å². The fourth-order valence-electron chi connectivity index (χ4n) is 2.96. The third-order valence-electron chi connectivity index (χ3n) is 4.56. The Morgan fingerprint density at radius 2 is 1.83 bits per heavy atom. The zero-order valence-electron chi connectivity index (χ0n) is 18.1. The van der Waals surface area contributed by atoms with Crippen molar-refractivity contribution in [3.8, 4) is 5.69 Å². The Kier molecular flexibility index (Phi) is 8.17. The summed E-state index contributed by atoms with van der Waals surface area (Å²) in [6, 6.07) is 14.3. The van der Waals surface area contributed by atoms with E-state index in [1.165, 1.54) is 29.2 Å². The van der Waals surface area contributed by atoms with Gasteiger partial charge in [-0.05, 0) is 52.5 Å². The summed E-state index contributed by atoms with van der Waals surface area (Å²) in [7, 11) is -3.81. The molecule has 15 heteroatoms. The molecular formula is C21H16BrF3N4O4S3. The van der Waals surface area contributed by atoms with Gasteiger partial charge in [-0.3, -0.25) is 9.98 Å². The molecule has 2 aromatic heterocycles. The SMILES string of the molecule is CSc1sc(C(=N)N)cc1S(=O)(=O)c1cc(Br)c2c(c1)ncn2-c1ccccc1.O=C(O)C(F)(F)F. The van der Waals surface area contributed by atoms with Gasteiger partial charge in [0.25, 0.3) is 0 Å². The van der Waals surface area contributed by atoms with E-state index in [9.17, 15) is 21.6 Å². The number of nitrogens with two attached hydrogens (primary N) is 1. The fraction of sp³-hybridized carbons (Fsp3) is 0.0952. The number of carboxylic acids is 1. The van der Waals surface area contributed by atoms with Gasteiger partial charge in [0, 0.05) is 10.2 Å². The number of carboxylic acid groups (broad SMARTS) is 1. The number of amidine groups is 1. The van der Waals surface area contributed by atoms with E-state index in [-0.39, 0.29) is 15.6 Å². The Morgan fingerprint density at radius 3 is 2.36 bits per heavy atom. The molecule has 0 spiro atoms. The molecule has 2 aromatic carbocycles. The first-order valence-corrected chi connectivity index (χ1v) is 13.9. The lowest BCUT2D eigenvalue weighted by atomic mass is 10.3. The minimum absolute atomic E-state index is 0.137. The van der Waals surface area contributed by atoms with Gasteiger partial charge in [0.1, 0.15) is 12.2 Å². The molecule has 0 amide bonds. The zero-order chi connectivity index (χ0) is 26.8. The van der Waals surface area contributed by atoms with E-state index in [1.54, 1.807) is 24.7 Å². The van der Waals surface area contributed by atoms with Gasteiger partial charge in [0.15, 0.2) is 0 Å². The number of halogens is 4. The summed E-state index contributed by atoms with van der Waals surface area (Å²) >= 11 is 6.04. The molecule has 8 nitrogen and oxygen atoms in total. The van der Waals surface area contributed by atoms with Crippen molar-refractivity contribution < 1.29 is 31.5 Å². The van der Waals surface area contributed by atoms with E-state index in [4.69, 9.17) is 21.0 Å². The number of thiophene rings is 1. The monoisotopic (exact) mass is 620 g/mol. The standard InChI is InChI=1S/C19H15BrN4O2S3.C2HF3O2/c1-27-19-16(9-15(28-19)18(21)22)29(25,26)12-7-13(20)17-14(8-12)23-10-24(17)11-5-3-2-4-6-11;3-2(4,5)1(6)7/h2-10H,1H3,(H3,21,22);(H,6,7). The lowest BCUT2D eigenvalue weighted by Gasteiger charge is -2.08. The minimum Gasteiger partial charge on any atom is -0.475 e. The number of rotatable bonds is 5. The van der Waals surface area contributed by atoms with Crippen LogP contribution in [0.4, 0.5) is 13.2 Å². The van der Waals surface area contributed by atoms with Crippen molar-refractivity contribution in [2.75, 3.05) is 6.26 Å².